The summed E-state index contributed by atoms with van der Waals surface area (Å²) in [5.41, 5.74) is 0.901. The maximum absolute atomic E-state index is 11.8. The number of allylic oxidation sites excluding steroid dienone is 1. The molecule has 2 atom stereocenters. The van der Waals surface area contributed by atoms with Crippen molar-refractivity contribution in [3.05, 3.63) is 48.0 Å². The van der Waals surface area contributed by atoms with Crippen LogP contribution in [-0.2, 0) is 14.0 Å². The number of carbonyl (C=O) groups is 1. The van der Waals surface area contributed by atoms with Gasteiger partial charge < -0.3 is 9.16 Å². The van der Waals surface area contributed by atoms with Crippen LogP contribution in [0.25, 0.3) is 0 Å². The smallest absolute Gasteiger partial charge is 0.321 e. The van der Waals surface area contributed by atoms with E-state index in [4.69, 9.17) is 20.8 Å². The van der Waals surface area contributed by atoms with Gasteiger partial charge in [-0.05, 0) is 30.6 Å². The zero-order valence-corrected chi connectivity index (χ0v) is 17.3. The fourth-order valence-corrected chi connectivity index (χ4v) is 3.35. The molecule has 0 spiro atoms. The summed E-state index contributed by atoms with van der Waals surface area (Å²) in [5, 5.41) is 0.0601. The first-order valence-electron chi connectivity index (χ1n) is 8.23. The summed E-state index contributed by atoms with van der Waals surface area (Å²) in [7, 11) is -2.04. The molecule has 0 aliphatic carbocycles. The number of halogens is 1. The molecular weight excluding hydrogens is 340 g/mol. The molecule has 0 fully saturated rings. The largest absolute Gasteiger partial charge is 0.453 e. The Morgan fingerprint density at radius 1 is 1.25 bits per heavy atom. The van der Waals surface area contributed by atoms with Crippen LogP contribution < -0.4 is 0 Å². The third-order valence-corrected chi connectivity index (χ3v) is 9.11. The number of alkyl halides is 1. The van der Waals surface area contributed by atoms with Gasteiger partial charge in [0.05, 0.1) is 0 Å². The van der Waals surface area contributed by atoms with Gasteiger partial charge in [0.1, 0.15) is 12.0 Å². The molecule has 1 aromatic rings. The number of hydrogen-bond acceptors (Lipinski definition) is 3. The molecule has 3 nitrogen and oxygen atoms in total. The van der Waals surface area contributed by atoms with E-state index in [0.717, 1.165) is 5.56 Å². The minimum absolute atomic E-state index is 0.0601. The molecule has 0 radical (unpaired) electrons. The summed E-state index contributed by atoms with van der Waals surface area (Å²) >= 11 is 5.65. The lowest BCUT2D eigenvalue weighted by atomic mass is 10.0. The number of ether oxygens (including phenoxy) is 1. The van der Waals surface area contributed by atoms with Crippen LogP contribution >= 0.6 is 11.6 Å². The van der Waals surface area contributed by atoms with Gasteiger partial charge in [-0.1, -0.05) is 63.3 Å². The lowest BCUT2D eigenvalue weighted by Gasteiger charge is -2.40. The van der Waals surface area contributed by atoms with Crippen molar-refractivity contribution in [1.29, 1.82) is 0 Å². The molecule has 0 unspecified atom stereocenters. The molecule has 0 aliphatic rings. The molecule has 0 saturated heterocycles. The van der Waals surface area contributed by atoms with E-state index in [1.54, 1.807) is 0 Å². The van der Waals surface area contributed by atoms with Crippen molar-refractivity contribution in [3.63, 3.8) is 0 Å². The molecule has 0 saturated carbocycles. The Kier molecular flexibility index (Phi) is 7.71. The predicted molar refractivity (Wildman–Crippen MR) is 103 cm³/mol. The highest BCUT2D eigenvalue weighted by Gasteiger charge is 2.41. The van der Waals surface area contributed by atoms with E-state index >= 15 is 0 Å². The van der Waals surface area contributed by atoms with Gasteiger partial charge in [-0.25, -0.2) is 0 Å². The molecule has 5 heteroatoms. The molecule has 1 rings (SSSR count). The third kappa shape index (κ3) is 5.76. The Hall–Kier alpha value is -1.10. The second-order valence-electron chi connectivity index (χ2n) is 7.32. The van der Waals surface area contributed by atoms with E-state index in [1.807, 2.05) is 49.4 Å². The van der Waals surface area contributed by atoms with E-state index in [2.05, 4.69) is 33.9 Å². The topological polar surface area (TPSA) is 35.5 Å². The van der Waals surface area contributed by atoms with Gasteiger partial charge >= 0.3 is 5.97 Å². The molecule has 0 heterocycles. The van der Waals surface area contributed by atoms with Gasteiger partial charge in [0.2, 0.25) is 0 Å². The zero-order chi connectivity index (χ0) is 18.4. The molecule has 0 bridgehead atoms. The van der Waals surface area contributed by atoms with Crippen LogP contribution in [-0.4, -0.2) is 26.3 Å². The van der Waals surface area contributed by atoms with Crippen LogP contribution in [0.1, 0.15) is 39.4 Å². The summed E-state index contributed by atoms with van der Waals surface area (Å²) in [6, 6.07) is 9.67. The predicted octanol–water partition coefficient (Wildman–Crippen LogP) is 5.48. The first-order chi connectivity index (χ1) is 11.1. The second-order valence-corrected chi connectivity index (χ2v) is 12.3. The van der Waals surface area contributed by atoms with Crippen molar-refractivity contribution >= 4 is 25.9 Å². The monoisotopic (exact) mass is 368 g/mol. The van der Waals surface area contributed by atoms with Gasteiger partial charge in [0, 0.05) is 0 Å². The van der Waals surface area contributed by atoms with E-state index < -0.39 is 20.4 Å². The first kappa shape index (κ1) is 20.9. The van der Waals surface area contributed by atoms with Crippen molar-refractivity contribution < 1.29 is 14.0 Å². The summed E-state index contributed by atoms with van der Waals surface area (Å²) in [4.78, 5) is 11.8. The SMILES string of the molecule is C/C=C/[C@H](O[Si](C)(C)C(C)(C)C)[C@H](OC(=O)CCl)c1ccccc1. The van der Waals surface area contributed by atoms with E-state index in [0.29, 0.717) is 0 Å². The van der Waals surface area contributed by atoms with Gasteiger partial charge in [0.15, 0.2) is 14.4 Å². The minimum Gasteiger partial charge on any atom is -0.453 e. The lowest BCUT2D eigenvalue weighted by molar-refractivity contribution is -0.150. The Morgan fingerprint density at radius 3 is 2.29 bits per heavy atom. The van der Waals surface area contributed by atoms with Crippen LogP contribution in [0, 0.1) is 0 Å². The molecular formula is C19H29ClO3Si. The Labute approximate surface area is 152 Å². The van der Waals surface area contributed by atoms with Gasteiger partial charge in [-0.2, -0.15) is 0 Å². The molecule has 24 heavy (non-hydrogen) atoms. The first-order valence-corrected chi connectivity index (χ1v) is 11.7. The molecule has 134 valence electrons. The van der Waals surface area contributed by atoms with Crippen molar-refractivity contribution in [1.82, 2.24) is 0 Å². The molecule has 0 N–H and O–H groups in total. The van der Waals surface area contributed by atoms with Crippen LogP contribution in [0.3, 0.4) is 0 Å². The molecule has 0 aromatic heterocycles. The fraction of sp³-hybridized carbons (Fsp3) is 0.526. The number of benzene rings is 1. The normalized spacial score (nSPS) is 15.3. The van der Waals surface area contributed by atoms with Crippen LogP contribution in [0.5, 0.6) is 0 Å². The van der Waals surface area contributed by atoms with Crippen LogP contribution in [0.2, 0.25) is 18.1 Å². The average molecular weight is 369 g/mol. The Balaban J connectivity index is 3.20. The Bertz CT molecular complexity index is 549. The second kappa shape index (κ2) is 8.84. The number of rotatable bonds is 7. The molecule has 0 aliphatic heterocycles. The van der Waals surface area contributed by atoms with E-state index in [1.165, 1.54) is 0 Å². The highest BCUT2D eigenvalue weighted by Crippen LogP contribution is 2.39. The average Bonchev–Trinajstić information content (AvgIpc) is 2.51. The van der Waals surface area contributed by atoms with Gasteiger partial charge in [-0.15, -0.1) is 11.6 Å². The fourth-order valence-electron chi connectivity index (χ4n) is 2.05. The van der Waals surface area contributed by atoms with E-state index in [-0.39, 0.29) is 17.0 Å². The van der Waals surface area contributed by atoms with Crippen molar-refractivity contribution in [2.45, 2.75) is 58.0 Å². The lowest BCUT2D eigenvalue weighted by Crippen LogP contribution is -2.45. The quantitative estimate of drug-likeness (QED) is 0.277. The maximum Gasteiger partial charge on any atom is 0.321 e. The van der Waals surface area contributed by atoms with Crippen LogP contribution in [0.15, 0.2) is 42.5 Å². The highest BCUT2D eigenvalue weighted by atomic mass is 35.5. The van der Waals surface area contributed by atoms with Gasteiger partial charge in [-0.3, -0.25) is 4.79 Å². The van der Waals surface area contributed by atoms with E-state index in [9.17, 15) is 4.79 Å². The van der Waals surface area contributed by atoms with Crippen LogP contribution in [0.4, 0.5) is 0 Å². The molecule has 0 amide bonds. The zero-order valence-electron chi connectivity index (χ0n) is 15.5. The van der Waals surface area contributed by atoms with Crippen molar-refractivity contribution in [2.75, 3.05) is 5.88 Å². The summed E-state index contributed by atoms with van der Waals surface area (Å²) in [5.74, 6) is -0.620. The van der Waals surface area contributed by atoms with Crippen molar-refractivity contribution in [3.8, 4) is 0 Å². The van der Waals surface area contributed by atoms with Gasteiger partial charge in [0.25, 0.3) is 0 Å². The standard InChI is InChI=1S/C19H29ClO3Si/c1-7-11-16(23-24(5,6)19(2,3)4)18(22-17(21)14-20)15-12-9-8-10-13-15/h7-13,16,18H,14H2,1-6H3/b11-7+/t16-,18+/m0/s1. The molecule has 1 aromatic carbocycles. The number of hydrogen-bond donors (Lipinski definition) is 0. The number of esters is 1. The highest BCUT2D eigenvalue weighted by molar-refractivity contribution is 6.74. The summed E-state index contributed by atoms with van der Waals surface area (Å²) in [6.45, 7) is 12.9. The maximum atomic E-state index is 11.8. The van der Waals surface area contributed by atoms with Crippen molar-refractivity contribution in [2.24, 2.45) is 0 Å². The summed E-state index contributed by atoms with van der Waals surface area (Å²) < 4.78 is 12.2. The minimum atomic E-state index is -2.04. The third-order valence-electron chi connectivity index (χ3n) is 4.41. The summed E-state index contributed by atoms with van der Waals surface area (Å²) in [6.07, 6.45) is 3.04. The number of carbonyl (C=O) groups excluding carboxylic acids is 1. The Morgan fingerprint density at radius 2 is 1.83 bits per heavy atom.